The number of piperidine rings is 1. The summed E-state index contributed by atoms with van der Waals surface area (Å²) in [5.74, 6) is 1.02. The Morgan fingerprint density at radius 3 is 2.82 bits per heavy atom. The average molecular weight is 236 g/mol. The molecule has 17 heavy (non-hydrogen) atoms. The Bertz CT molecular complexity index is 354. The molecule has 0 radical (unpaired) electrons. The third-order valence-electron chi connectivity index (χ3n) is 4.48. The molecule has 1 spiro atoms. The van der Waals surface area contributed by atoms with Crippen molar-refractivity contribution in [2.75, 3.05) is 0 Å². The monoisotopic (exact) mass is 236 g/mol. The van der Waals surface area contributed by atoms with Gasteiger partial charge in [-0.25, -0.2) is 0 Å². The Morgan fingerprint density at radius 2 is 2.12 bits per heavy atom. The lowest BCUT2D eigenvalue weighted by molar-refractivity contribution is -0.779. The fourth-order valence-electron chi connectivity index (χ4n) is 3.74. The van der Waals surface area contributed by atoms with Gasteiger partial charge in [0.15, 0.2) is 5.76 Å². The molecule has 2 aliphatic rings. The van der Waals surface area contributed by atoms with E-state index in [4.69, 9.17) is 4.42 Å². The molecule has 1 aliphatic heterocycles. The van der Waals surface area contributed by atoms with Crippen LogP contribution in [-0.4, -0.2) is 16.7 Å². The summed E-state index contributed by atoms with van der Waals surface area (Å²) in [6.45, 7) is 0. The van der Waals surface area contributed by atoms with Crippen molar-refractivity contribution in [1.29, 1.82) is 0 Å². The summed E-state index contributed by atoms with van der Waals surface area (Å²) >= 11 is 0. The molecule has 1 saturated heterocycles. The highest BCUT2D eigenvalue weighted by molar-refractivity contribution is 5.04. The quantitative estimate of drug-likeness (QED) is 0.780. The second kappa shape index (κ2) is 4.46. The summed E-state index contributed by atoms with van der Waals surface area (Å²) in [5.41, 5.74) is 0.285. The topological polar surface area (TPSA) is 50.0 Å². The largest absolute Gasteiger partial charge is 0.463 e. The number of aliphatic hydroxyl groups is 1. The van der Waals surface area contributed by atoms with Crippen LogP contribution in [0, 0.1) is 0 Å². The summed E-state index contributed by atoms with van der Waals surface area (Å²) in [5, 5.41) is 12.6. The van der Waals surface area contributed by atoms with Gasteiger partial charge < -0.3 is 14.8 Å². The van der Waals surface area contributed by atoms with Crippen molar-refractivity contribution >= 4 is 0 Å². The zero-order valence-electron chi connectivity index (χ0n) is 10.3. The van der Waals surface area contributed by atoms with E-state index in [1.54, 1.807) is 6.26 Å². The SMILES string of the molecule is O[C@H]1C[C@@H](c2ccco2)[NH2+]C2(CCCCC2)C1. The molecule has 2 heterocycles. The van der Waals surface area contributed by atoms with Crippen molar-refractivity contribution < 1.29 is 14.8 Å². The molecule has 3 nitrogen and oxygen atoms in total. The summed E-state index contributed by atoms with van der Waals surface area (Å²) in [6.07, 6.45) is 9.85. The van der Waals surface area contributed by atoms with Crippen LogP contribution in [0.2, 0.25) is 0 Å². The number of rotatable bonds is 1. The van der Waals surface area contributed by atoms with Gasteiger partial charge in [-0.3, -0.25) is 0 Å². The first kappa shape index (κ1) is 11.3. The average Bonchev–Trinajstić information content (AvgIpc) is 2.82. The van der Waals surface area contributed by atoms with Crippen LogP contribution in [0.25, 0.3) is 0 Å². The Labute approximate surface area is 102 Å². The number of nitrogens with two attached hydrogens (primary N) is 1. The summed E-state index contributed by atoms with van der Waals surface area (Å²) in [7, 11) is 0. The highest BCUT2D eigenvalue weighted by Crippen LogP contribution is 2.34. The lowest BCUT2D eigenvalue weighted by atomic mass is 9.74. The third kappa shape index (κ3) is 2.26. The van der Waals surface area contributed by atoms with Gasteiger partial charge in [-0.2, -0.15) is 0 Å². The molecule has 1 aromatic rings. The predicted octanol–water partition coefficient (Wildman–Crippen LogP) is 1.74. The first-order chi connectivity index (χ1) is 8.27. The number of aliphatic hydroxyl groups excluding tert-OH is 1. The third-order valence-corrected chi connectivity index (χ3v) is 4.48. The molecule has 3 rings (SSSR count). The minimum Gasteiger partial charge on any atom is -0.463 e. The highest BCUT2D eigenvalue weighted by atomic mass is 16.3. The summed E-state index contributed by atoms with van der Waals surface area (Å²) in [4.78, 5) is 0. The van der Waals surface area contributed by atoms with Crippen molar-refractivity contribution in [1.82, 2.24) is 0 Å². The van der Waals surface area contributed by atoms with Crippen LogP contribution >= 0.6 is 0 Å². The Kier molecular flexibility index (Phi) is 2.97. The van der Waals surface area contributed by atoms with Crippen molar-refractivity contribution in [2.24, 2.45) is 0 Å². The fraction of sp³-hybridized carbons (Fsp3) is 0.714. The van der Waals surface area contributed by atoms with E-state index in [0.29, 0.717) is 6.04 Å². The number of furan rings is 1. The van der Waals surface area contributed by atoms with Gasteiger partial charge in [0.25, 0.3) is 0 Å². The number of hydrogen-bond acceptors (Lipinski definition) is 2. The van der Waals surface area contributed by atoms with Crippen LogP contribution in [0.3, 0.4) is 0 Å². The molecule has 1 aliphatic carbocycles. The normalized spacial score (nSPS) is 32.8. The molecule has 0 unspecified atom stereocenters. The molecule has 0 aromatic carbocycles. The van der Waals surface area contributed by atoms with E-state index in [0.717, 1.165) is 18.6 Å². The number of quaternary nitrogens is 1. The maximum Gasteiger partial charge on any atom is 0.161 e. The van der Waals surface area contributed by atoms with Gasteiger partial charge in [0, 0.05) is 25.7 Å². The molecule has 1 aromatic heterocycles. The first-order valence-corrected chi connectivity index (χ1v) is 6.85. The molecule has 2 fully saturated rings. The van der Waals surface area contributed by atoms with Crippen LogP contribution in [-0.2, 0) is 0 Å². The van der Waals surface area contributed by atoms with Gasteiger partial charge in [0.05, 0.1) is 17.9 Å². The van der Waals surface area contributed by atoms with Crippen molar-refractivity contribution in [3.8, 4) is 0 Å². The molecule has 3 heteroatoms. The van der Waals surface area contributed by atoms with Gasteiger partial charge in [-0.05, 0) is 25.0 Å². The molecule has 2 atom stereocenters. The van der Waals surface area contributed by atoms with Crippen LogP contribution < -0.4 is 5.32 Å². The zero-order chi connectivity index (χ0) is 11.7. The van der Waals surface area contributed by atoms with Gasteiger partial charge in [-0.15, -0.1) is 0 Å². The van der Waals surface area contributed by atoms with Gasteiger partial charge >= 0.3 is 0 Å². The summed E-state index contributed by atoms with van der Waals surface area (Å²) < 4.78 is 5.51. The second-order valence-corrected chi connectivity index (χ2v) is 5.81. The first-order valence-electron chi connectivity index (χ1n) is 6.85. The minimum atomic E-state index is -0.159. The van der Waals surface area contributed by atoms with E-state index in [1.807, 2.05) is 12.1 Å². The van der Waals surface area contributed by atoms with E-state index in [2.05, 4.69) is 5.32 Å². The fourth-order valence-corrected chi connectivity index (χ4v) is 3.74. The van der Waals surface area contributed by atoms with Crippen LogP contribution in [0.15, 0.2) is 22.8 Å². The van der Waals surface area contributed by atoms with Crippen LogP contribution in [0.4, 0.5) is 0 Å². The molecule has 0 bridgehead atoms. The lowest BCUT2D eigenvalue weighted by Gasteiger charge is -2.42. The zero-order valence-corrected chi connectivity index (χ0v) is 10.3. The van der Waals surface area contributed by atoms with Gasteiger partial charge in [-0.1, -0.05) is 6.42 Å². The van der Waals surface area contributed by atoms with Gasteiger partial charge in [0.2, 0.25) is 0 Å². The van der Waals surface area contributed by atoms with Gasteiger partial charge in [0.1, 0.15) is 6.04 Å². The van der Waals surface area contributed by atoms with E-state index in [1.165, 1.54) is 32.1 Å². The molecular formula is C14H22NO2+. The minimum absolute atomic E-state index is 0.159. The summed E-state index contributed by atoms with van der Waals surface area (Å²) in [6, 6.07) is 4.29. The van der Waals surface area contributed by atoms with Crippen LogP contribution in [0.5, 0.6) is 0 Å². The lowest BCUT2D eigenvalue weighted by Crippen LogP contribution is -2.99. The maximum absolute atomic E-state index is 10.1. The standard InChI is InChI=1S/C14H21NO2/c16-11-9-12(13-5-4-8-17-13)15-14(10-11)6-2-1-3-7-14/h4-5,8,11-12,15-16H,1-3,6-7,9-10H2/p+1/t11-,12-/m0/s1. The maximum atomic E-state index is 10.1. The molecule has 94 valence electrons. The Balaban J connectivity index is 1.79. The highest BCUT2D eigenvalue weighted by Gasteiger charge is 2.45. The Morgan fingerprint density at radius 1 is 1.29 bits per heavy atom. The number of hydrogen-bond donors (Lipinski definition) is 2. The Hall–Kier alpha value is -0.800. The smallest absolute Gasteiger partial charge is 0.161 e. The molecule has 1 saturated carbocycles. The second-order valence-electron chi connectivity index (χ2n) is 5.81. The van der Waals surface area contributed by atoms with Crippen molar-refractivity contribution in [2.45, 2.75) is 62.6 Å². The molecule has 3 N–H and O–H groups in total. The van der Waals surface area contributed by atoms with E-state index < -0.39 is 0 Å². The van der Waals surface area contributed by atoms with Crippen LogP contribution in [0.1, 0.15) is 56.7 Å². The van der Waals surface area contributed by atoms with E-state index in [9.17, 15) is 5.11 Å². The molecule has 0 amide bonds. The van der Waals surface area contributed by atoms with Crippen molar-refractivity contribution in [3.63, 3.8) is 0 Å². The van der Waals surface area contributed by atoms with E-state index >= 15 is 0 Å². The predicted molar refractivity (Wildman–Crippen MR) is 64.4 cm³/mol. The van der Waals surface area contributed by atoms with Crippen molar-refractivity contribution in [3.05, 3.63) is 24.2 Å². The van der Waals surface area contributed by atoms with E-state index in [-0.39, 0.29) is 11.6 Å². The molecular weight excluding hydrogens is 214 g/mol.